The Kier molecular flexibility index (Phi) is 6.01. The van der Waals surface area contributed by atoms with Crippen LogP contribution in [-0.4, -0.2) is 28.4 Å². The van der Waals surface area contributed by atoms with Gasteiger partial charge < -0.3 is 9.84 Å². The van der Waals surface area contributed by atoms with Crippen LogP contribution in [0.15, 0.2) is 36.4 Å². The van der Waals surface area contributed by atoms with Crippen LogP contribution in [0.1, 0.15) is 41.5 Å². The Morgan fingerprint density at radius 2 is 1.92 bits per heavy atom. The van der Waals surface area contributed by atoms with Gasteiger partial charge in [-0.25, -0.2) is 9.37 Å². The highest BCUT2D eigenvalue weighted by molar-refractivity contribution is 5.98. The number of benzene rings is 1. The predicted octanol–water partition coefficient (Wildman–Crippen LogP) is 3.04. The van der Waals surface area contributed by atoms with Gasteiger partial charge in [0.2, 0.25) is 0 Å². The van der Waals surface area contributed by atoms with E-state index in [-0.39, 0.29) is 43.1 Å². The molecule has 0 radical (unpaired) electrons. The van der Waals surface area contributed by atoms with E-state index < -0.39 is 11.8 Å². The van der Waals surface area contributed by atoms with E-state index in [1.165, 1.54) is 18.2 Å². The normalized spacial score (nSPS) is 10.4. The maximum absolute atomic E-state index is 13.7. The van der Waals surface area contributed by atoms with Crippen LogP contribution in [0.4, 0.5) is 4.39 Å². The average molecular weight is 331 g/mol. The SMILES string of the molecule is CCOC(=O)CCC(=O)c1nc(Cc2ccccc2F)ccc1O. The number of ketones is 1. The number of aromatic nitrogens is 1. The molecule has 2 aromatic rings. The van der Waals surface area contributed by atoms with Crippen LogP contribution in [0, 0.1) is 5.82 Å². The third-order valence-electron chi connectivity index (χ3n) is 3.39. The number of esters is 1. The summed E-state index contributed by atoms with van der Waals surface area (Å²) in [6.45, 7) is 1.92. The first kappa shape index (κ1) is 17.6. The van der Waals surface area contributed by atoms with Crippen LogP contribution in [0.25, 0.3) is 0 Å². The van der Waals surface area contributed by atoms with Gasteiger partial charge in [-0.15, -0.1) is 0 Å². The molecule has 0 aliphatic carbocycles. The second-order valence-electron chi connectivity index (χ2n) is 5.17. The molecule has 0 aliphatic heterocycles. The first-order valence-electron chi connectivity index (χ1n) is 7.62. The molecule has 0 amide bonds. The zero-order valence-electron chi connectivity index (χ0n) is 13.3. The summed E-state index contributed by atoms with van der Waals surface area (Å²) in [5.74, 6) is -1.56. The van der Waals surface area contributed by atoms with E-state index >= 15 is 0 Å². The Morgan fingerprint density at radius 1 is 1.17 bits per heavy atom. The van der Waals surface area contributed by atoms with Crippen molar-refractivity contribution >= 4 is 11.8 Å². The lowest BCUT2D eigenvalue weighted by Gasteiger charge is -2.07. The summed E-state index contributed by atoms with van der Waals surface area (Å²) < 4.78 is 18.5. The first-order chi connectivity index (χ1) is 11.5. The molecule has 2 rings (SSSR count). The minimum atomic E-state index is -0.479. The van der Waals surface area contributed by atoms with E-state index in [0.29, 0.717) is 11.3 Å². The van der Waals surface area contributed by atoms with Crippen molar-refractivity contribution in [3.8, 4) is 5.75 Å². The summed E-state index contributed by atoms with van der Waals surface area (Å²) in [5, 5.41) is 9.82. The van der Waals surface area contributed by atoms with Crippen molar-refractivity contribution in [2.75, 3.05) is 6.61 Å². The van der Waals surface area contributed by atoms with E-state index in [1.54, 1.807) is 25.1 Å². The Bertz CT molecular complexity index is 746. The number of rotatable bonds is 7. The summed E-state index contributed by atoms with van der Waals surface area (Å²) in [6, 6.07) is 9.16. The molecule has 24 heavy (non-hydrogen) atoms. The number of aromatic hydroxyl groups is 1. The summed E-state index contributed by atoms with van der Waals surface area (Å²) >= 11 is 0. The molecule has 1 N–H and O–H groups in total. The Balaban J connectivity index is 2.12. The highest BCUT2D eigenvalue weighted by atomic mass is 19.1. The number of pyridine rings is 1. The summed E-state index contributed by atoms with van der Waals surface area (Å²) in [6.07, 6.45) is 0.0129. The quantitative estimate of drug-likeness (QED) is 0.623. The smallest absolute Gasteiger partial charge is 0.306 e. The maximum atomic E-state index is 13.7. The van der Waals surface area contributed by atoms with Gasteiger partial charge in [0.1, 0.15) is 17.3 Å². The molecule has 0 unspecified atom stereocenters. The molecule has 5 nitrogen and oxygen atoms in total. The van der Waals surface area contributed by atoms with Crippen molar-refractivity contribution < 1.29 is 23.8 Å². The lowest BCUT2D eigenvalue weighted by atomic mass is 10.1. The van der Waals surface area contributed by atoms with Crippen LogP contribution < -0.4 is 0 Å². The van der Waals surface area contributed by atoms with E-state index in [1.807, 2.05) is 0 Å². The molecule has 0 fully saturated rings. The van der Waals surface area contributed by atoms with Gasteiger partial charge in [-0.05, 0) is 30.7 Å². The number of Topliss-reactive ketones (excluding diaryl/α,β-unsaturated/α-hetero) is 1. The second kappa shape index (κ2) is 8.19. The molecule has 0 spiro atoms. The van der Waals surface area contributed by atoms with Crippen LogP contribution >= 0.6 is 0 Å². The first-order valence-corrected chi connectivity index (χ1v) is 7.62. The van der Waals surface area contributed by atoms with Crippen molar-refractivity contribution in [1.82, 2.24) is 4.98 Å². The predicted molar refractivity (Wildman–Crippen MR) is 85.3 cm³/mol. The second-order valence-corrected chi connectivity index (χ2v) is 5.17. The maximum Gasteiger partial charge on any atom is 0.306 e. The fourth-order valence-corrected chi connectivity index (χ4v) is 2.20. The van der Waals surface area contributed by atoms with E-state index in [2.05, 4.69) is 4.98 Å². The van der Waals surface area contributed by atoms with Crippen LogP contribution in [0.2, 0.25) is 0 Å². The number of carbonyl (C=O) groups excluding carboxylic acids is 2. The summed E-state index contributed by atoms with van der Waals surface area (Å²) in [5.41, 5.74) is 0.783. The van der Waals surface area contributed by atoms with E-state index in [4.69, 9.17) is 4.74 Å². The van der Waals surface area contributed by atoms with Gasteiger partial charge in [-0.2, -0.15) is 0 Å². The molecular formula is C18H18FNO4. The van der Waals surface area contributed by atoms with Gasteiger partial charge in [0.15, 0.2) is 5.78 Å². The zero-order chi connectivity index (χ0) is 17.5. The van der Waals surface area contributed by atoms with Crippen molar-refractivity contribution in [3.05, 3.63) is 59.2 Å². The fourth-order valence-electron chi connectivity index (χ4n) is 2.20. The zero-order valence-corrected chi connectivity index (χ0v) is 13.3. The minimum Gasteiger partial charge on any atom is -0.506 e. The third kappa shape index (κ3) is 4.62. The van der Waals surface area contributed by atoms with Crippen LogP contribution in [-0.2, 0) is 16.0 Å². The van der Waals surface area contributed by atoms with Gasteiger partial charge in [-0.3, -0.25) is 9.59 Å². The molecular weight excluding hydrogens is 313 g/mol. The highest BCUT2D eigenvalue weighted by Crippen LogP contribution is 2.20. The Hall–Kier alpha value is -2.76. The van der Waals surface area contributed by atoms with Gasteiger partial charge >= 0.3 is 5.97 Å². The minimum absolute atomic E-state index is 0.0780. The third-order valence-corrected chi connectivity index (χ3v) is 3.39. The molecule has 1 aromatic carbocycles. The summed E-state index contributed by atoms with van der Waals surface area (Å²) in [7, 11) is 0. The monoisotopic (exact) mass is 331 g/mol. The number of nitrogens with zero attached hydrogens (tertiary/aromatic N) is 1. The van der Waals surface area contributed by atoms with Crippen molar-refractivity contribution in [2.24, 2.45) is 0 Å². The number of hydrogen-bond acceptors (Lipinski definition) is 5. The van der Waals surface area contributed by atoms with Crippen molar-refractivity contribution in [2.45, 2.75) is 26.2 Å². The van der Waals surface area contributed by atoms with Gasteiger partial charge in [-0.1, -0.05) is 18.2 Å². The molecule has 6 heteroatoms. The number of hydrogen-bond donors (Lipinski definition) is 1. The lowest BCUT2D eigenvalue weighted by Crippen LogP contribution is -2.10. The van der Waals surface area contributed by atoms with Gasteiger partial charge in [0.05, 0.1) is 13.0 Å². The fraction of sp³-hybridized carbons (Fsp3) is 0.278. The molecule has 126 valence electrons. The largest absolute Gasteiger partial charge is 0.506 e. The molecule has 1 aromatic heterocycles. The Labute approximate surface area is 139 Å². The van der Waals surface area contributed by atoms with Crippen LogP contribution in [0.3, 0.4) is 0 Å². The molecule has 0 saturated carbocycles. The highest BCUT2D eigenvalue weighted by Gasteiger charge is 2.16. The molecule has 0 aliphatic rings. The van der Waals surface area contributed by atoms with Crippen molar-refractivity contribution in [3.63, 3.8) is 0 Å². The van der Waals surface area contributed by atoms with Crippen LogP contribution in [0.5, 0.6) is 5.75 Å². The van der Waals surface area contributed by atoms with Gasteiger partial charge in [0.25, 0.3) is 0 Å². The number of carbonyl (C=O) groups is 2. The van der Waals surface area contributed by atoms with E-state index in [0.717, 1.165) is 0 Å². The topological polar surface area (TPSA) is 76.5 Å². The molecule has 0 bridgehead atoms. The standard InChI is InChI=1S/C18H18FNO4/c1-2-24-17(23)10-9-16(22)18-15(21)8-7-13(20-18)11-12-5-3-4-6-14(12)19/h3-8,21H,2,9-11H2,1H3. The lowest BCUT2D eigenvalue weighted by molar-refractivity contribution is -0.143. The number of halogens is 1. The number of ether oxygens (including phenoxy) is 1. The van der Waals surface area contributed by atoms with Crippen molar-refractivity contribution in [1.29, 1.82) is 0 Å². The molecule has 0 atom stereocenters. The van der Waals surface area contributed by atoms with Gasteiger partial charge in [0, 0.05) is 18.5 Å². The molecule has 0 saturated heterocycles. The van der Waals surface area contributed by atoms with E-state index in [9.17, 15) is 19.1 Å². The summed E-state index contributed by atoms with van der Waals surface area (Å²) in [4.78, 5) is 27.6. The molecule has 1 heterocycles. The average Bonchev–Trinajstić information content (AvgIpc) is 2.56. The Morgan fingerprint density at radius 3 is 2.62 bits per heavy atom.